The molecular formula is C31H33N5O. The number of fused-ring (bicyclic) bond motifs is 2. The number of aromatic hydroxyl groups is 1. The van der Waals surface area contributed by atoms with Crippen LogP contribution in [0, 0.1) is 0 Å². The van der Waals surface area contributed by atoms with Crippen molar-refractivity contribution in [3.63, 3.8) is 0 Å². The SMILES string of the molecule is CC1(C)CC(Nc2ccc3[nH]c(O)c(C(=C4N=c5ccccc5=N4)c4ccccc4)c3c2)CC(C)(C)N1. The number of hydrogen-bond acceptors (Lipinski definition) is 5. The number of H-pyrrole nitrogens is 1. The monoisotopic (exact) mass is 491 g/mol. The van der Waals surface area contributed by atoms with E-state index in [9.17, 15) is 5.11 Å². The Bertz CT molecular complexity index is 1590. The highest BCUT2D eigenvalue weighted by molar-refractivity contribution is 6.01. The van der Waals surface area contributed by atoms with Gasteiger partial charge in [0.05, 0.1) is 16.3 Å². The predicted molar refractivity (Wildman–Crippen MR) is 149 cm³/mol. The van der Waals surface area contributed by atoms with E-state index < -0.39 is 0 Å². The molecule has 0 bridgehead atoms. The van der Waals surface area contributed by atoms with Crippen LogP contribution in [0.1, 0.15) is 51.7 Å². The Hall–Kier alpha value is -3.90. The van der Waals surface area contributed by atoms with Crippen LogP contribution in [0.15, 0.2) is 88.6 Å². The van der Waals surface area contributed by atoms with Crippen LogP contribution >= 0.6 is 0 Å². The molecule has 0 amide bonds. The van der Waals surface area contributed by atoms with Gasteiger partial charge in [-0.3, -0.25) is 0 Å². The second-order valence-electron chi connectivity index (χ2n) is 11.5. The van der Waals surface area contributed by atoms with Crippen LogP contribution in [-0.4, -0.2) is 27.2 Å². The molecule has 4 aromatic rings. The molecule has 2 aliphatic rings. The second kappa shape index (κ2) is 8.60. The molecule has 6 nitrogen and oxygen atoms in total. The van der Waals surface area contributed by atoms with Crippen molar-refractivity contribution < 1.29 is 5.11 Å². The van der Waals surface area contributed by atoms with Crippen molar-refractivity contribution in [3.05, 3.63) is 100 Å². The van der Waals surface area contributed by atoms with E-state index in [0.29, 0.717) is 17.4 Å². The molecule has 0 spiro atoms. The number of para-hydroxylation sites is 2. The third kappa shape index (κ3) is 4.53. The van der Waals surface area contributed by atoms with E-state index in [1.807, 2.05) is 60.7 Å². The molecule has 188 valence electrons. The quantitative estimate of drug-likeness (QED) is 0.314. The standard InChI is InChI=1S/C31H33N5O/c1-30(2)17-21(18-31(3,4)36-30)32-20-14-15-23-22(16-20)27(29(37)35-23)26(19-10-6-5-7-11-19)28-33-24-12-8-9-13-25(24)34-28/h5-16,21,32,35-37H,17-18H2,1-4H3. The lowest BCUT2D eigenvalue weighted by Crippen LogP contribution is -2.60. The molecule has 6 rings (SSSR count). The maximum absolute atomic E-state index is 11.2. The predicted octanol–water partition coefficient (Wildman–Crippen LogP) is 5.26. The van der Waals surface area contributed by atoms with Gasteiger partial charge in [0.2, 0.25) is 0 Å². The Labute approximate surface area is 216 Å². The zero-order chi connectivity index (χ0) is 25.8. The fourth-order valence-corrected chi connectivity index (χ4v) is 6.19. The first-order chi connectivity index (χ1) is 17.7. The lowest BCUT2D eigenvalue weighted by Gasteiger charge is -2.47. The maximum Gasteiger partial charge on any atom is 0.197 e. The number of benzene rings is 3. The van der Waals surface area contributed by atoms with Gasteiger partial charge >= 0.3 is 0 Å². The summed E-state index contributed by atoms with van der Waals surface area (Å²) in [5.74, 6) is 0.716. The lowest BCUT2D eigenvalue weighted by molar-refractivity contribution is 0.170. The van der Waals surface area contributed by atoms with Gasteiger partial charge in [0.15, 0.2) is 11.7 Å². The summed E-state index contributed by atoms with van der Waals surface area (Å²) in [6.45, 7) is 9.05. The molecule has 4 N–H and O–H groups in total. The highest BCUT2D eigenvalue weighted by Crippen LogP contribution is 2.40. The largest absolute Gasteiger partial charge is 0.494 e. The number of piperidine rings is 1. The summed E-state index contributed by atoms with van der Waals surface area (Å²) in [6, 6.07) is 24.5. The molecule has 6 heteroatoms. The average molecular weight is 492 g/mol. The van der Waals surface area contributed by atoms with Crippen LogP contribution in [-0.2, 0) is 0 Å². The summed E-state index contributed by atoms with van der Waals surface area (Å²) < 4.78 is 0. The van der Waals surface area contributed by atoms with E-state index in [1.54, 1.807) is 0 Å². The number of hydrogen-bond donors (Lipinski definition) is 4. The van der Waals surface area contributed by atoms with Gasteiger partial charge < -0.3 is 20.7 Å². The van der Waals surface area contributed by atoms with Crippen LogP contribution in [0.5, 0.6) is 5.88 Å². The molecule has 1 fully saturated rings. The Morgan fingerprint density at radius 3 is 2.14 bits per heavy atom. The van der Waals surface area contributed by atoms with Gasteiger partial charge in [-0.25, -0.2) is 9.98 Å². The number of rotatable bonds is 4. The zero-order valence-electron chi connectivity index (χ0n) is 21.8. The Morgan fingerprint density at radius 2 is 1.49 bits per heavy atom. The minimum atomic E-state index is 0.0480. The molecule has 0 radical (unpaired) electrons. The number of nitrogens with one attached hydrogen (secondary N) is 3. The van der Waals surface area contributed by atoms with Crippen LogP contribution in [0.4, 0.5) is 5.69 Å². The van der Waals surface area contributed by atoms with E-state index >= 15 is 0 Å². The smallest absolute Gasteiger partial charge is 0.197 e. The van der Waals surface area contributed by atoms with Gasteiger partial charge in [0, 0.05) is 39.3 Å². The van der Waals surface area contributed by atoms with Gasteiger partial charge in [0.1, 0.15) is 0 Å². The van der Waals surface area contributed by atoms with Crippen LogP contribution < -0.4 is 21.3 Å². The third-order valence-corrected chi connectivity index (χ3v) is 7.21. The van der Waals surface area contributed by atoms with E-state index in [1.165, 1.54) is 0 Å². The van der Waals surface area contributed by atoms with E-state index in [-0.39, 0.29) is 17.0 Å². The topological polar surface area (TPSA) is 84.8 Å². The molecule has 2 aliphatic heterocycles. The molecule has 3 aromatic carbocycles. The third-order valence-electron chi connectivity index (χ3n) is 7.21. The minimum Gasteiger partial charge on any atom is -0.494 e. The number of nitrogens with zero attached hydrogens (tertiary/aromatic N) is 2. The van der Waals surface area contributed by atoms with Crippen molar-refractivity contribution in [2.45, 2.75) is 57.7 Å². The van der Waals surface area contributed by atoms with E-state index in [0.717, 1.165) is 51.3 Å². The fraction of sp³-hybridized carbons (Fsp3) is 0.290. The first-order valence-corrected chi connectivity index (χ1v) is 12.9. The second-order valence-corrected chi connectivity index (χ2v) is 11.5. The van der Waals surface area contributed by atoms with Crippen molar-refractivity contribution in [1.82, 2.24) is 10.3 Å². The zero-order valence-corrected chi connectivity index (χ0v) is 21.8. The summed E-state index contributed by atoms with van der Waals surface area (Å²) in [6.07, 6.45) is 2.05. The van der Waals surface area contributed by atoms with Gasteiger partial charge in [-0.15, -0.1) is 0 Å². The summed E-state index contributed by atoms with van der Waals surface area (Å²) in [5, 5.41) is 21.3. The molecule has 3 heterocycles. The summed E-state index contributed by atoms with van der Waals surface area (Å²) in [5.41, 5.74) is 4.47. The van der Waals surface area contributed by atoms with Gasteiger partial charge in [-0.05, 0) is 76.4 Å². The molecular weight excluding hydrogens is 458 g/mol. The van der Waals surface area contributed by atoms with Gasteiger partial charge in [-0.1, -0.05) is 42.5 Å². The molecule has 1 aromatic heterocycles. The highest BCUT2D eigenvalue weighted by atomic mass is 16.3. The van der Waals surface area contributed by atoms with E-state index in [4.69, 9.17) is 9.98 Å². The Morgan fingerprint density at radius 1 is 0.865 bits per heavy atom. The molecule has 0 saturated carbocycles. The van der Waals surface area contributed by atoms with Crippen LogP contribution in [0.2, 0.25) is 0 Å². The average Bonchev–Trinajstić information content (AvgIpc) is 3.39. The van der Waals surface area contributed by atoms with Gasteiger partial charge in [0.25, 0.3) is 0 Å². The van der Waals surface area contributed by atoms with E-state index in [2.05, 4.69) is 55.4 Å². The van der Waals surface area contributed by atoms with Crippen molar-refractivity contribution in [2.75, 3.05) is 5.32 Å². The summed E-state index contributed by atoms with van der Waals surface area (Å²) in [4.78, 5) is 12.9. The molecule has 0 aliphatic carbocycles. The van der Waals surface area contributed by atoms with Crippen molar-refractivity contribution in [2.24, 2.45) is 9.98 Å². The minimum absolute atomic E-state index is 0.0480. The molecule has 37 heavy (non-hydrogen) atoms. The van der Waals surface area contributed by atoms with Crippen LogP contribution in [0.25, 0.3) is 16.5 Å². The Balaban J connectivity index is 1.48. The van der Waals surface area contributed by atoms with Crippen molar-refractivity contribution >= 4 is 22.2 Å². The summed E-state index contributed by atoms with van der Waals surface area (Å²) >= 11 is 0. The normalized spacial score (nSPS) is 18.2. The first-order valence-electron chi connectivity index (χ1n) is 12.9. The first kappa shape index (κ1) is 23.5. The Kier molecular flexibility index (Phi) is 5.46. The maximum atomic E-state index is 11.2. The van der Waals surface area contributed by atoms with Crippen molar-refractivity contribution in [3.8, 4) is 5.88 Å². The van der Waals surface area contributed by atoms with Crippen LogP contribution in [0.3, 0.4) is 0 Å². The molecule has 0 unspecified atom stereocenters. The number of aromatic amines is 1. The highest BCUT2D eigenvalue weighted by Gasteiger charge is 2.37. The van der Waals surface area contributed by atoms with Crippen molar-refractivity contribution in [1.29, 1.82) is 0 Å². The van der Waals surface area contributed by atoms with Gasteiger partial charge in [-0.2, -0.15) is 0 Å². The lowest BCUT2D eigenvalue weighted by atomic mass is 9.79. The number of aromatic nitrogens is 1. The molecule has 0 atom stereocenters. The molecule has 1 saturated heterocycles. The fourth-order valence-electron chi connectivity index (χ4n) is 6.19. The number of anilines is 1. The summed E-state index contributed by atoms with van der Waals surface area (Å²) in [7, 11) is 0.